The fourth-order valence-electron chi connectivity index (χ4n) is 4.10. The number of anilines is 2. The molecule has 0 bridgehead atoms. The molecule has 0 N–H and O–H groups in total. The van der Waals surface area contributed by atoms with Gasteiger partial charge in [0.2, 0.25) is 5.91 Å². The number of likely N-dealkylation sites (N-methyl/N-ethyl adjacent to an activating group) is 1. The van der Waals surface area contributed by atoms with Gasteiger partial charge in [-0.25, -0.2) is 0 Å². The molecule has 4 nitrogen and oxygen atoms in total. The zero-order chi connectivity index (χ0) is 17.9. The largest absolute Gasteiger partial charge is 0.369 e. The van der Waals surface area contributed by atoms with Gasteiger partial charge in [0.05, 0.1) is 0 Å². The van der Waals surface area contributed by atoms with E-state index in [-0.39, 0.29) is 11.8 Å². The molecule has 2 aromatic rings. The summed E-state index contributed by atoms with van der Waals surface area (Å²) in [6, 6.07) is 18.7. The molecule has 2 heterocycles. The summed E-state index contributed by atoms with van der Waals surface area (Å²) >= 11 is 0. The highest BCUT2D eigenvalue weighted by Crippen LogP contribution is 2.31. The molecule has 0 saturated carbocycles. The molecule has 4 rings (SSSR count). The highest BCUT2D eigenvalue weighted by atomic mass is 16.2. The van der Waals surface area contributed by atoms with Gasteiger partial charge in [-0.05, 0) is 43.7 Å². The fraction of sp³-hybridized carbons (Fsp3) is 0.409. The zero-order valence-corrected chi connectivity index (χ0v) is 15.5. The molecule has 2 fully saturated rings. The molecule has 0 aromatic heterocycles. The monoisotopic (exact) mass is 349 g/mol. The van der Waals surface area contributed by atoms with Crippen molar-refractivity contribution in [2.24, 2.45) is 5.92 Å². The van der Waals surface area contributed by atoms with Crippen molar-refractivity contribution in [2.75, 3.05) is 49.6 Å². The average Bonchev–Trinajstić information content (AvgIpc) is 3.04. The Balaban J connectivity index is 1.49. The number of nitrogens with zero attached hydrogens (tertiary/aromatic N) is 3. The quantitative estimate of drug-likeness (QED) is 0.849. The van der Waals surface area contributed by atoms with Crippen molar-refractivity contribution in [1.82, 2.24) is 4.90 Å². The van der Waals surface area contributed by atoms with Crippen molar-refractivity contribution in [3.8, 4) is 0 Å². The van der Waals surface area contributed by atoms with Crippen LogP contribution in [0.4, 0.5) is 11.4 Å². The average molecular weight is 349 g/mol. The maximum Gasteiger partial charge on any atom is 0.230 e. The van der Waals surface area contributed by atoms with E-state index in [0.717, 1.165) is 51.3 Å². The molecule has 1 amide bonds. The van der Waals surface area contributed by atoms with Crippen molar-refractivity contribution in [1.29, 1.82) is 0 Å². The van der Waals surface area contributed by atoms with Crippen molar-refractivity contribution in [3.63, 3.8) is 0 Å². The van der Waals surface area contributed by atoms with Crippen LogP contribution in [0.2, 0.25) is 0 Å². The van der Waals surface area contributed by atoms with Crippen LogP contribution in [0.3, 0.4) is 0 Å². The summed E-state index contributed by atoms with van der Waals surface area (Å²) in [7, 11) is 2.18. The van der Waals surface area contributed by atoms with Gasteiger partial charge in [-0.2, -0.15) is 0 Å². The molecule has 2 aliphatic heterocycles. The van der Waals surface area contributed by atoms with E-state index < -0.39 is 0 Å². The smallest absolute Gasteiger partial charge is 0.230 e. The Bertz CT molecular complexity index is 753. The number of carbonyl (C=O) groups is 1. The van der Waals surface area contributed by atoms with Crippen LogP contribution in [0.25, 0.3) is 0 Å². The molecule has 2 saturated heterocycles. The summed E-state index contributed by atoms with van der Waals surface area (Å²) in [6.07, 6.45) is 1.77. The number of hydrogen-bond donors (Lipinski definition) is 0. The van der Waals surface area contributed by atoms with E-state index in [2.05, 4.69) is 41.1 Å². The SMILES string of the molecule is CN1CCN(c2ccccc2CC2CCN(c3ccccc3)C2=O)CC1. The van der Waals surface area contributed by atoms with Crippen molar-refractivity contribution in [3.05, 3.63) is 60.2 Å². The van der Waals surface area contributed by atoms with E-state index in [0.29, 0.717) is 0 Å². The fourth-order valence-corrected chi connectivity index (χ4v) is 4.10. The first-order valence-electron chi connectivity index (χ1n) is 9.60. The number of benzene rings is 2. The van der Waals surface area contributed by atoms with Gasteiger partial charge < -0.3 is 14.7 Å². The second kappa shape index (κ2) is 7.50. The van der Waals surface area contributed by atoms with Crippen LogP contribution < -0.4 is 9.80 Å². The van der Waals surface area contributed by atoms with Gasteiger partial charge in [-0.15, -0.1) is 0 Å². The van der Waals surface area contributed by atoms with Crippen LogP contribution in [-0.4, -0.2) is 50.6 Å². The molecule has 26 heavy (non-hydrogen) atoms. The predicted octanol–water partition coefficient (Wildman–Crippen LogP) is 3.03. The molecule has 4 heteroatoms. The Morgan fingerprint density at radius 3 is 2.35 bits per heavy atom. The standard InChI is InChI=1S/C22H27N3O/c1-23-13-15-24(16-14-23)21-10-6-5-7-18(21)17-19-11-12-25(22(19)26)20-8-3-2-4-9-20/h2-10,19H,11-17H2,1H3. The second-order valence-corrected chi connectivity index (χ2v) is 7.43. The van der Waals surface area contributed by atoms with E-state index >= 15 is 0 Å². The molecule has 2 aliphatic rings. The highest BCUT2D eigenvalue weighted by Gasteiger charge is 2.33. The molecular formula is C22H27N3O. The molecular weight excluding hydrogens is 322 g/mol. The number of carbonyl (C=O) groups excluding carboxylic acids is 1. The maximum absolute atomic E-state index is 12.9. The van der Waals surface area contributed by atoms with Crippen molar-refractivity contribution in [2.45, 2.75) is 12.8 Å². The molecule has 0 aliphatic carbocycles. The van der Waals surface area contributed by atoms with Gasteiger partial charge in [0, 0.05) is 50.0 Å². The lowest BCUT2D eigenvalue weighted by Crippen LogP contribution is -2.44. The van der Waals surface area contributed by atoms with Crippen molar-refractivity contribution >= 4 is 17.3 Å². The van der Waals surface area contributed by atoms with E-state index in [4.69, 9.17) is 0 Å². The van der Waals surface area contributed by atoms with Gasteiger partial charge in [0.15, 0.2) is 0 Å². The first kappa shape index (κ1) is 17.1. The molecule has 2 aromatic carbocycles. The van der Waals surface area contributed by atoms with Crippen LogP contribution in [-0.2, 0) is 11.2 Å². The molecule has 0 spiro atoms. The molecule has 1 atom stereocenters. The van der Waals surface area contributed by atoms with Gasteiger partial charge in [0.1, 0.15) is 0 Å². The summed E-state index contributed by atoms with van der Waals surface area (Å²) in [5, 5.41) is 0. The van der Waals surface area contributed by atoms with Gasteiger partial charge in [-0.3, -0.25) is 4.79 Å². The Morgan fingerprint density at radius 2 is 1.58 bits per heavy atom. The summed E-state index contributed by atoms with van der Waals surface area (Å²) < 4.78 is 0. The van der Waals surface area contributed by atoms with Crippen LogP contribution in [0.1, 0.15) is 12.0 Å². The van der Waals surface area contributed by atoms with E-state index in [1.807, 2.05) is 35.2 Å². The van der Waals surface area contributed by atoms with E-state index in [1.54, 1.807) is 0 Å². The van der Waals surface area contributed by atoms with E-state index in [1.165, 1.54) is 11.3 Å². The van der Waals surface area contributed by atoms with Crippen molar-refractivity contribution < 1.29 is 4.79 Å². The zero-order valence-electron chi connectivity index (χ0n) is 15.5. The number of rotatable bonds is 4. The summed E-state index contributed by atoms with van der Waals surface area (Å²) in [6.45, 7) is 5.13. The van der Waals surface area contributed by atoms with Crippen LogP contribution >= 0.6 is 0 Å². The Morgan fingerprint density at radius 1 is 0.885 bits per heavy atom. The maximum atomic E-state index is 12.9. The van der Waals surface area contributed by atoms with Gasteiger partial charge in [0.25, 0.3) is 0 Å². The minimum atomic E-state index is 0.0869. The number of amides is 1. The van der Waals surface area contributed by atoms with Crippen LogP contribution in [0.15, 0.2) is 54.6 Å². The predicted molar refractivity (Wildman–Crippen MR) is 107 cm³/mol. The number of para-hydroxylation sites is 2. The third-order valence-electron chi connectivity index (χ3n) is 5.69. The third kappa shape index (κ3) is 3.47. The number of hydrogen-bond acceptors (Lipinski definition) is 3. The van der Waals surface area contributed by atoms with Gasteiger partial charge >= 0.3 is 0 Å². The lowest BCUT2D eigenvalue weighted by Gasteiger charge is -2.35. The first-order chi connectivity index (χ1) is 12.7. The molecule has 1 unspecified atom stereocenters. The topological polar surface area (TPSA) is 26.8 Å². The third-order valence-corrected chi connectivity index (χ3v) is 5.69. The number of piperazine rings is 1. The lowest BCUT2D eigenvalue weighted by molar-refractivity contribution is -0.120. The Kier molecular flexibility index (Phi) is 4.93. The molecule has 136 valence electrons. The van der Waals surface area contributed by atoms with Crippen LogP contribution in [0, 0.1) is 5.92 Å². The Labute approximate surface area is 156 Å². The van der Waals surface area contributed by atoms with E-state index in [9.17, 15) is 4.79 Å². The first-order valence-corrected chi connectivity index (χ1v) is 9.60. The minimum Gasteiger partial charge on any atom is -0.369 e. The summed E-state index contributed by atoms with van der Waals surface area (Å²) in [5.74, 6) is 0.355. The summed E-state index contributed by atoms with van der Waals surface area (Å²) in [4.78, 5) is 19.7. The Hall–Kier alpha value is -2.33. The minimum absolute atomic E-state index is 0.0869. The normalized spacial score (nSPS) is 21.4. The van der Waals surface area contributed by atoms with Crippen LogP contribution in [0.5, 0.6) is 0 Å². The van der Waals surface area contributed by atoms with Gasteiger partial charge in [-0.1, -0.05) is 36.4 Å². The second-order valence-electron chi connectivity index (χ2n) is 7.43. The molecule has 0 radical (unpaired) electrons. The summed E-state index contributed by atoms with van der Waals surface area (Å²) in [5.41, 5.74) is 3.64. The lowest BCUT2D eigenvalue weighted by atomic mass is 9.96. The highest BCUT2D eigenvalue weighted by molar-refractivity contribution is 5.97.